The predicted molar refractivity (Wildman–Crippen MR) is 87.2 cm³/mol. The van der Waals surface area contributed by atoms with Crippen molar-refractivity contribution in [2.75, 3.05) is 0 Å². The van der Waals surface area contributed by atoms with Crippen molar-refractivity contribution in [1.29, 1.82) is 0 Å². The van der Waals surface area contributed by atoms with Crippen molar-refractivity contribution < 1.29 is 0 Å². The first-order chi connectivity index (χ1) is 8.62. The Morgan fingerprint density at radius 2 is 1.22 bits per heavy atom. The van der Waals surface area contributed by atoms with Gasteiger partial charge < -0.3 is 0 Å². The summed E-state index contributed by atoms with van der Waals surface area (Å²) in [5.74, 6) is 1.98. The molecule has 18 heavy (non-hydrogen) atoms. The first-order valence-electron chi connectivity index (χ1n) is 8.62. The number of rotatable bonds is 5. The highest BCUT2D eigenvalue weighted by Crippen LogP contribution is 2.22. The first kappa shape index (κ1) is 20.3. The van der Waals surface area contributed by atoms with Gasteiger partial charge in [-0.25, -0.2) is 0 Å². The number of hydrogen-bond acceptors (Lipinski definition) is 0. The average Bonchev–Trinajstić information content (AvgIpc) is 2.88. The Balaban J connectivity index is 0. The molecule has 0 spiro atoms. The van der Waals surface area contributed by atoms with E-state index in [1.54, 1.807) is 0 Å². The second kappa shape index (κ2) is 17.0. The molecule has 112 valence electrons. The number of hydrogen-bond donors (Lipinski definition) is 0. The average molecular weight is 257 g/mol. The predicted octanol–water partition coefficient (Wildman–Crippen LogP) is 7.23. The van der Waals surface area contributed by atoms with Crippen LogP contribution in [0.3, 0.4) is 0 Å². The molecule has 1 aliphatic carbocycles. The van der Waals surface area contributed by atoms with Gasteiger partial charge in [-0.15, -0.1) is 0 Å². The highest BCUT2D eigenvalue weighted by Gasteiger charge is 2.07. The summed E-state index contributed by atoms with van der Waals surface area (Å²) in [6.07, 6.45) is 14.1. The van der Waals surface area contributed by atoms with Gasteiger partial charge in [0.05, 0.1) is 0 Å². The van der Waals surface area contributed by atoms with Crippen molar-refractivity contribution in [2.24, 2.45) is 11.8 Å². The summed E-state index contributed by atoms with van der Waals surface area (Å²) >= 11 is 0. The summed E-state index contributed by atoms with van der Waals surface area (Å²) in [5.41, 5.74) is 0. The van der Waals surface area contributed by atoms with Crippen LogP contribution in [-0.2, 0) is 0 Å². The van der Waals surface area contributed by atoms with E-state index in [0.29, 0.717) is 0 Å². The zero-order valence-electron chi connectivity index (χ0n) is 14.2. The van der Waals surface area contributed by atoms with E-state index in [4.69, 9.17) is 0 Å². The lowest BCUT2D eigenvalue weighted by Gasteiger charge is -1.98. The second-order valence-corrected chi connectivity index (χ2v) is 6.02. The van der Waals surface area contributed by atoms with Gasteiger partial charge in [0.1, 0.15) is 0 Å². The van der Waals surface area contributed by atoms with Gasteiger partial charge in [-0.1, -0.05) is 106 Å². The third-order valence-corrected chi connectivity index (χ3v) is 3.99. The molecule has 0 radical (unpaired) electrons. The topological polar surface area (TPSA) is 0 Å². The highest BCUT2D eigenvalue weighted by atomic mass is 14.1. The van der Waals surface area contributed by atoms with Crippen LogP contribution in [0.4, 0.5) is 0 Å². The molecule has 1 fully saturated rings. The third kappa shape index (κ3) is 18.4. The molecule has 0 amide bonds. The minimum Gasteiger partial charge on any atom is -0.0654 e. The van der Waals surface area contributed by atoms with Crippen LogP contribution in [-0.4, -0.2) is 0 Å². The molecule has 1 aliphatic rings. The molecule has 0 saturated heterocycles. The standard InChI is InChI=1S/C6H12.2C6H14/c1-6-4-2-3-5-6;1-4-6(3)5-2;1-3-5-6-4-2/h6H,2-5H2,1H3;6H,4-5H2,1-3H3;3-6H2,1-2H3. The molecule has 0 nitrogen and oxygen atoms in total. The largest absolute Gasteiger partial charge is 0.0654 e. The maximum atomic E-state index is 2.34. The SMILES string of the molecule is CC1CCCC1.CCC(C)CC.CCCCCC. The van der Waals surface area contributed by atoms with Gasteiger partial charge in [-0.2, -0.15) is 0 Å². The molecule has 0 bridgehead atoms. The Bertz CT molecular complexity index is 114. The third-order valence-electron chi connectivity index (χ3n) is 3.99. The fraction of sp³-hybridized carbons (Fsp3) is 1.00. The Labute approximate surface area is 118 Å². The monoisotopic (exact) mass is 256 g/mol. The maximum absolute atomic E-state index is 2.34. The van der Waals surface area contributed by atoms with Gasteiger partial charge in [-0.05, 0) is 11.8 Å². The van der Waals surface area contributed by atoms with Crippen LogP contribution in [0.2, 0.25) is 0 Å². The van der Waals surface area contributed by atoms with E-state index in [2.05, 4.69) is 41.5 Å². The lowest BCUT2D eigenvalue weighted by molar-refractivity contribution is 0.544. The molecule has 0 aromatic rings. The van der Waals surface area contributed by atoms with Gasteiger partial charge in [0, 0.05) is 0 Å². The summed E-state index contributed by atoms with van der Waals surface area (Å²) in [6.45, 7) is 13.5. The summed E-state index contributed by atoms with van der Waals surface area (Å²) in [6, 6.07) is 0. The Hall–Kier alpha value is 0. The summed E-state index contributed by atoms with van der Waals surface area (Å²) in [4.78, 5) is 0. The van der Waals surface area contributed by atoms with E-state index in [1.165, 1.54) is 64.2 Å². The van der Waals surface area contributed by atoms with E-state index in [9.17, 15) is 0 Å². The maximum Gasteiger partial charge on any atom is -0.0443 e. The molecular weight excluding hydrogens is 216 g/mol. The minimum absolute atomic E-state index is 0.935. The zero-order valence-corrected chi connectivity index (χ0v) is 14.2. The Morgan fingerprint density at radius 3 is 1.33 bits per heavy atom. The lowest BCUT2D eigenvalue weighted by Crippen LogP contribution is -1.85. The van der Waals surface area contributed by atoms with Gasteiger partial charge in [-0.3, -0.25) is 0 Å². The van der Waals surface area contributed by atoms with Crippen molar-refractivity contribution in [2.45, 2.75) is 106 Å². The van der Waals surface area contributed by atoms with Crippen molar-refractivity contribution >= 4 is 0 Å². The molecule has 0 aliphatic heterocycles. The molecule has 0 heterocycles. The van der Waals surface area contributed by atoms with E-state index in [1.807, 2.05) is 0 Å². The van der Waals surface area contributed by atoms with Crippen molar-refractivity contribution in [3.63, 3.8) is 0 Å². The normalized spacial score (nSPS) is 14.8. The Kier molecular flexibility index (Phi) is 19.2. The van der Waals surface area contributed by atoms with Gasteiger partial charge in [0.15, 0.2) is 0 Å². The molecule has 1 rings (SSSR count). The van der Waals surface area contributed by atoms with E-state index in [-0.39, 0.29) is 0 Å². The molecule has 0 heteroatoms. The fourth-order valence-corrected chi connectivity index (χ4v) is 1.92. The van der Waals surface area contributed by atoms with Crippen LogP contribution in [0.1, 0.15) is 106 Å². The summed E-state index contributed by atoms with van der Waals surface area (Å²) < 4.78 is 0. The summed E-state index contributed by atoms with van der Waals surface area (Å²) in [5, 5.41) is 0. The van der Waals surface area contributed by atoms with Crippen LogP contribution in [0.15, 0.2) is 0 Å². The minimum atomic E-state index is 0.935. The van der Waals surface area contributed by atoms with Gasteiger partial charge in [0.25, 0.3) is 0 Å². The smallest absolute Gasteiger partial charge is 0.0443 e. The van der Waals surface area contributed by atoms with Crippen LogP contribution in [0.5, 0.6) is 0 Å². The molecule has 0 aromatic heterocycles. The molecule has 0 aromatic carbocycles. The van der Waals surface area contributed by atoms with Crippen molar-refractivity contribution in [3.8, 4) is 0 Å². The molecule has 0 N–H and O–H groups in total. The van der Waals surface area contributed by atoms with Crippen LogP contribution < -0.4 is 0 Å². The van der Waals surface area contributed by atoms with Crippen molar-refractivity contribution in [3.05, 3.63) is 0 Å². The fourth-order valence-electron chi connectivity index (χ4n) is 1.92. The van der Waals surface area contributed by atoms with Gasteiger partial charge >= 0.3 is 0 Å². The molecule has 0 atom stereocenters. The Morgan fingerprint density at radius 1 is 0.833 bits per heavy atom. The second-order valence-electron chi connectivity index (χ2n) is 6.02. The summed E-state index contributed by atoms with van der Waals surface area (Å²) in [7, 11) is 0. The quantitative estimate of drug-likeness (QED) is 0.455. The zero-order chi connectivity index (χ0) is 14.2. The van der Waals surface area contributed by atoms with Crippen LogP contribution in [0, 0.1) is 11.8 Å². The molecular formula is C18H40. The molecule has 0 unspecified atom stereocenters. The lowest BCUT2D eigenvalue weighted by atomic mass is 10.1. The van der Waals surface area contributed by atoms with Gasteiger partial charge in [0.2, 0.25) is 0 Å². The van der Waals surface area contributed by atoms with E-state index >= 15 is 0 Å². The first-order valence-corrected chi connectivity index (χ1v) is 8.62. The number of unbranched alkanes of at least 4 members (excludes halogenated alkanes) is 3. The van der Waals surface area contributed by atoms with Crippen LogP contribution in [0.25, 0.3) is 0 Å². The van der Waals surface area contributed by atoms with Crippen LogP contribution >= 0.6 is 0 Å². The van der Waals surface area contributed by atoms with E-state index in [0.717, 1.165) is 11.8 Å². The highest BCUT2D eigenvalue weighted by molar-refractivity contribution is 4.60. The van der Waals surface area contributed by atoms with Crippen molar-refractivity contribution in [1.82, 2.24) is 0 Å². The van der Waals surface area contributed by atoms with E-state index < -0.39 is 0 Å². The molecule has 1 saturated carbocycles.